The van der Waals surface area contributed by atoms with Gasteiger partial charge in [0.1, 0.15) is 11.6 Å². The normalized spacial score (nSPS) is 23.4. The number of hydrogen-bond acceptors (Lipinski definition) is 8. The van der Waals surface area contributed by atoms with Gasteiger partial charge < -0.3 is 25.2 Å². The predicted molar refractivity (Wildman–Crippen MR) is 154 cm³/mol. The van der Waals surface area contributed by atoms with Gasteiger partial charge in [-0.1, -0.05) is 17.6 Å². The molecule has 2 N–H and O–H groups in total. The lowest BCUT2D eigenvalue weighted by molar-refractivity contribution is -0.136. The van der Waals surface area contributed by atoms with E-state index in [2.05, 4.69) is 36.7 Å². The molecule has 0 unspecified atom stereocenters. The molecule has 3 amide bonds. The summed E-state index contributed by atoms with van der Waals surface area (Å²) < 4.78 is 7.78. The van der Waals surface area contributed by atoms with Crippen LogP contribution in [0.4, 0.5) is 0 Å². The molecule has 42 heavy (non-hydrogen) atoms. The number of hydrogen-bond donors (Lipinski definition) is 2. The monoisotopic (exact) mass is 576 g/mol. The molecule has 0 aromatic carbocycles. The lowest BCUT2D eigenvalue weighted by atomic mass is 9.80. The van der Waals surface area contributed by atoms with Crippen molar-refractivity contribution >= 4 is 17.7 Å². The summed E-state index contributed by atoms with van der Waals surface area (Å²) in [4.78, 5) is 48.3. The summed E-state index contributed by atoms with van der Waals surface area (Å²) in [5.74, 6) is 2.09. The van der Waals surface area contributed by atoms with Crippen LogP contribution in [0.3, 0.4) is 0 Å². The number of rotatable bonds is 8. The maximum atomic E-state index is 13.9. The zero-order valence-corrected chi connectivity index (χ0v) is 24.0. The number of amides is 3. The predicted octanol–water partition coefficient (Wildman–Crippen LogP) is 0.887. The van der Waals surface area contributed by atoms with Crippen molar-refractivity contribution in [3.63, 3.8) is 0 Å². The number of carbonyl (C=O) groups excluding carboxylic acids is 3. The van der Waals surface area contributed by atoms with E-state index in [1.807, 2.05) is 10.9 Å². The van der Waals surface area contributed by atoms with Crippen molar-refractivity contribution in [1.82, 2.24) is 40.4 Å². The molecule has 5 rings (SSSR count). The first-order chi connectivity index (χ1) is 20.5. The molecule has 0 aliphatic carbocycles. The Labute approximate surface area is 246 Å². The van der Waals surface area contributed by atoms with Crippen molar-refractivity contribution in [1.29, 1.82) is 0 Å². The van der Waals surface area contributed by atoms with Crippen LogP contribution in [0, 0.1) is 24.2 Å². The van der Waals surface area contributed by atoms with Crippen molar-refractivity contribution in [2.75, 3.05) is 45.9 Å². The fourth-order valence-corrected chi connectivity index (χ4v) is 6.16. The molecule has 12 nitrogen and oxygen atoms in total. The summed E-state index contributed by atoms with van der Waals surface area (Å²) in [6.45, 7) is 5.32. The lowest BCUT2D eigenvalue weighted by Gasteiger charge is -2.40. The van der Waals surface area contributed by atoms with Crippen LogP contribution in [0.25, 0.3) is 0 Å². The van der Waals surface area contributed by atoms with E-state index >= 15 is 0 Å². The number of pyridine rings is 1. The molecule has 3 aliphatic heterocycles. The van der Waals surface area contributed by atoms with Crippen molar-refractivity contribution in [2.24, 2.45) is 11.8 Å². The summed E-state index contributed by atoms with van der Waals surface area (Å²) >= 11 is 0. The van der Waals surface area contributed by atoms with Gasteiger partial charge in [-0.3, -0.25) is 19.1 Å². The first-order valence-corrected chi connectivity index (χ1v) is 15.0. The average Bonchev–Trinajstić information content (AvgIpc) is 3.46. The van der Waals surface area contributed by atoms with Crippen LogP contribution in [-0.2, 0) is 22.6 Å². The molecule has 2 fully saturated rings. The minimum Gasteiger partial charge on any atom is -0.477 e. The number of carbonyl (C=O) groups is 3. The second kappa shape index (κ2) is 14.3. The number of nitrogens with zero attached hydrogens (tertiary/aromatic N) is 6. The molecular formula is C30H40N8O4. The number of fused-ring (bicyclic) bond motifs is 3. The van der Waals surface area contributed by atoms with Gasteiger partial charge in [0.25, 0.3) is 5.91 Å². The molecule has 0 saturated carbocycles. The molecule has 3 aliphatic rings. The van der Waals surface area contributed by atoms with Crippen molar-refractivity contribution < 1.29 is 19.1 Å². The Bertz CT molecular complexity index is 1280. The lowest BCUT2D eigenvalue weighted by Crippen LogP contribution is -2.54. The maximum absolute atomic E-state index is 13.9. The number of likely N-dealkylation sites (tertiary alicyclic amines) is 1. The second-order valence-electron chi connectivity index (χ2n) is 11.4. The van der Waals surface area contributed by atoms with Gasteiger partial charge in [-0.15, -0.1) is 11.5 Å². The van der Waals surface area contributed by atoms with Gasteiger partial charge in [0, 0.05) is 44.9 Å². The van der Waals surface area contributed by atoms with E-state index in [1.165, 1.54) is 19.3 Å². The second-order valence-corrected chi connectivity index (χ2v) is 11.4. The van der Waals surface area contributed by atoms with E-state index in [9.17, 15) is 14.4 Å². The van der Waals surface area contributed by atoms with Gasteiger partial charge in [0.15, 0.2) is 0 Å². The minimum absolute atomic E-state index is 0.0397. The summed E-state index contributed by atoms with van der Waals surface area (Å²) in [6, 6.07) is 2.47. The number of terminal acetylenes is 1. The Hall–Kier alpha value is -3.98. The smallest absolute Gasteiger partial charge is 0.257 e. The number of piperidine rings is 2. The Morgan fingerprint density at radius 1 is 1.17 bits per heavy atom. The topological polar surface area (TPSA) is 135 Å². The highest BCUT2D eigenvalue weighted by molar-refractivity contribution is 5.99. The molecule has 12 heteroatoms. The summed E-state index contributed by atoms with van der Waals surface area (Å²) in [7, 11) is 0. The van der Waals surface area contributed by atoms with E-state index in [0.29, 0.717) is 44.7 Å². The van der Waals surface area contributed by atoms with Crippen molar-refractivity contribution in [2.45, 2.75) is 57.5 Å². The van der Waals surface area contributed by atoms with E-state index in [1.54, 1.807) is 23.2 Å². The third-order valence-electron chi connectivity index (χ3n) is 8.48. The van der Waals surface area contributed by atoms with Gasteiger partial charge in [-0.05, 0) is 62.7 Å². The SMILES string of the molecule is C#CCNC(=O)C[C@@H]1CCN2C[C@@H]1CCOc1ncccc1C(=O)N[C@H](Cc1cn(CCN3CCCCC3)nn1)C2=O. The van der Waals surface area contributed by atoms with Gasteiger partial charge in [0.05, 0.1) is 25.4 Å². The molecule has 2 aromatic rings. The first-order valence-electron chi connectivity index (χ1n) is 15.0. The third kappa shape index (κ3) is 7.64. The van der Waals surface area contributed by atoms with Gasteiger partial charge in [-0.2, -0.15) is 0 Å². The molecule has 5 heterocycles. The quantitative estimate of drug-likeness (QED) is 0.443. The largest absolute Gasteiger partial charge is 0.477 e. The van der Waals surface area contributed by atoms with E-state index < -0.39 is 11.9 Å². The summed E-state index contributed by atoms with van der Waals surface area (Å²) in [5, 5.41) is 14.3. The zero-order valence-electron chi connectivity index (χ0n) is 24.0. The molecule has 224 valence electrons. The van der Waals surface area contributed by atoms with Crippen LogP contribution in [0.2, 0.25) is 0 Å². The summed E-state index contributed by atoms with van der Waals surface area (Å²) in [5.41, 5.74) is 0.907. The minimum atomic E-state index is -0.839. The van der Waals surface area contributed by atoms with Crippen LogP contribution in [0.15, 0.2) is 24.5 Å². The summed E-state index contributed by atoms with van der Waals surface area (Å²) in [6.07, 6.45) is 14.3. The van der Waals surface area contributed by atoms with Crippen LogP contribution in [-0.4, -0.2) is 99.4 Å². The molecule has 0 radical (unpaired) electrons. The highest BCUT2D eigenvalue weighted by Crippen LogP contribution is 2.30. The van der Waals surface area contributed by atoms with Crippen LogP contribution < -0.4 is 15.4 Å². The highest BCUT2D eigenvalue weighted by atomic mass is 16.5. The molecule has 2 aromatic heterocycles. The Kier molecular flexibility index (Phi) is 10.0. The van der Waals surface area contributed by atoms with Gasteiger partial charge in [0.2, 0.25) is 17.7 Å². The van der Waals surface area contributed by atoms with E-state index in [0.717, 1.165) is 26.2 Å². The Morgan fingerprint density at radius 3 is 2.86 bits per heavy atom. The van der Waals surface area contributed by atoms with Crippen molar-refractivity contribution in [3.05, 3.63) is 35.8 Å². The number of aromatic nitrogens is 4. The van der Waals surface area contributed by atoms with Crippen LogP contribution in [0.1, 0.15) is 54.6 Å². The zero-order chi connectivity index (χ0) is 29.3. The molecular weight excluding hydrogens is 536 g/mol. The third-order valence-corrected chi connectivity index (χ3v) is 8.48. The Balaban J connectivity index is 1.32. The van der Waals surface area contributed by atoms with Crippen LogP contribution >= 0.6 is 0 Å². The first kappa shape index (κ1) is 29.5. The number of ether oxygens (including phenoxy) is 1. The standard InChI is InChI=1S/C30H40N8O4/c1-2-10-31-27(39)18-22-8-14-37-20-23(22)9-17-42-29-25(7-6-11-32-29)28(40)33-26(30(37)41)19-24-21-38(35-34-24)16-15-36-12-4-3-5-13-36/h1,6-7,11,21-23,26H,3-5,8-10,12-20H2,(H,31,39)(H,33,40)/t22-,23-,26+/m0/s1. The van der Waals surface area contributed by atoms with Gasteiger partial charge in [-0.25, -0.2) is 4.98 Å². The average molecular weight is 577 g/mol. The fraction of sp³-hybridized carbons (Fsp3) is 0.600. The van der Waals surface area contributed by atoms with Crippen LogP contribution in [0.5, 0.6) is 5.88 Å². The fourth-order valence-electron chi connectivity index (χ4n) is 6.16. The maximum Gasteiger partial charge on any atom is 0.257 e. The number of nitrogens with one attached hydrogen (secondary N) is 2. The van der Waals surface area contributed by atoms with E-state index in [4.69, 9.17) is 11.2 Å². The van der Waals surface area contributed by atoms with E-state index in [-0.39, 0.29) is 48.1 Å². The molecule has 0 spiro atoms. The van der Waals surface area contributed by atoms with Crippen molar-refractivity contribution in [3.8, 4) is 18.2 Å². The highest BCUT2D eigenvalue weighted by Gasteiger charge is 2.36. The molecule has 2 bridgehead atoms. The van der Waals surface area contributed by atoms with Gasteiger partial charge >= 0.3 is 0 Å². The molecule has 3 atom stereocenters. The Morgan fingerprint density at radius 2 is 2.02 bits per heavy atom. The molecule has 2 saturated heterocycles.